The van der Waals surface area contributed by atoms with E-state index in [-0.39, 0.29) is 62.2 Å². The molecule has 0 spiro atoms. The summed E-state index contributed by atoms with van der Waals surface area (Å²) in [4.78, 5) is 140. The van der Waals surface area contributed by atoms with Gasteiger partial charge in [-0.15, -0.1) is 0 Å². The third kappa shape index (κ3) is 18.9. The first-order chi connectivity index (χ1) is 43.7. The van der Waals surface area contributed by atoms with Gasteiger partial charge in [-0.05, 0) is 97.6 Å². The summed E-state index contributed by atoms with van der Waals surface area (Å²) < 4.78 is 27.9. The van der Waals surface area contributed by atoms with Crippen LogP contribution in [0.3, 0.4) is 0 Å². The Morgan fingerprint density at radius 2 is 0.674 bits per heavy atom. The molecule has 1 fully saturated rings. The minimum absolute atomic E-state index is 0.0614. The molecule has 0 bridgehead atoms. The number of likely N-dealkylation sites (N-methyl/N-ethyl adjacent to an activating group) is 4. The summed E-state index contributed by atoms with van der Waals surface area (Å²) in [5.41, 5.74) is 5.41. The van der Waals surface area contributed by atoms with Crippen LogP contribution in [-0.4, -0.2) is 183 Å². The topological polar surface area (TPSA) is 274 Å². The lowest BCUT2D eigenvalue weighted by Gasteiger charge is -2.35. The van der Waals surface area contributed by atoms with E-state index < -0.39 is 96.1 Å². The number of esters is 4. The second-order valence-corrected chi connectivity index (χ2v) is 25.4. The van der Waals surface area contributed by atoms with Crippen molar-refractivity contribution in [2.24, 2.45) is 23.7 Å². The fourth-order valence-corrected chi connectivity index (χ4v) is 10.9. The molecule has 92 heavy (non-hydrogen) atoms. The van der Waals surface area contributed by atoms with E-state index in [0.29, 0.717) is 47.0 Å². The summed E-state index contributed by atoms with van der Waals surface area (Å²) in [7, 11) is 5.55. The molecule has 24 heteroatoms. The summed E-state index contributed by atoms with van der Waals surface area (Å²) in [6.07, 6.45) is 6.97. The van der Waals surface area contributed by atoms with Crippen LogP contribution in [0.4, 0.5) is 0 Å². The minimum atomic E-state index is -1.57. The molecule has 492 valence electrons. The summed E-state index contributed by atoms with van der Waals surface area (Å²) >= 11 is 0. The van der Waals surface area contributed by atoms with Crippen LogP contribution in [-0.2, 0) is 83.2 Å². The van der Waals surface area contributed by atoms with Gasteiger partial charge in [-0.3, -0.25) is 48.5 Å². The van der Waals surface area contributed by atoms with Gasteiger partial charge in [0.25, 0.3) is 23.6 Å². The average Bonchev–Trinajstić information content (AvgIpc) is 1.20. The van der Waals surface area contributed by atoms with Crippen LogP contribution in [0.2, 0.25) is 0 Å². The van der Waals surface area contributed by atoms with E-state index in [0.717, 1.165) is 30.7 Å². The number of aromatic nitrogens is 8. The number of ether oxygens (including phenoxy) is 4. The Morgan fingerprint density at radius 3 is 0.967 bits per heavy atom. The van der Waals surface area contributed by atoms with Gasteiger partial charge in [0.2, 0.25) is 0 Å². The Labute approximate surface area is 538 Å². The standard InChI is InChI=1S/C68H88N12O12/c1-41(2)31-55-65(85)89-45(9)61(81)75(11)58(34-44(7)8)68(88)92-60(36-48-17-21-50(22-18-48)40-80-30-24-52(74-80)54-38-70-26-28-72-54)64(84)78(14)56(32-42(3)4)66(86)90-46(10)62(82)76(12)57(33-43(5)6)67(87)91-59(63(83)77(55)13)35-47-15-19-49(20-16-47)39-79-29-23-51(73-79)53-37-69-25-27-71-53/h15-30,37-38,41-46,55-60H,31-36,39-40H2,1-14H3/t45-,46-,55+,56+,57+,58+,59-,60-/m1/s1. The number of hydrogen-bond acceptors (Lipinski definition) is 18. The lowest BCUT2D eigenvalue weighted by atomic mass is 9.99. The molecule has 1 aliphatic heterocycles. The van der Waals surface area contributed by atoms with E-state index in [1.165, 1.54) is 42.0 Å². The van der Waals surface area contributed by atoms with Crippen molar-refractivity contribution in [2.75, 3.05) is 28.2 Å². The van der Waals surface area contributed by atoms with E-state index in [9.17, 15) is 28.8 Å². The SMILES string of the molecule is CC(C)C[C@H]1C(=O)O[C@H](Cc2ccc(Cn3ccc(-c4cnccn4)n3)cc2)C(=O)N(C)[C@@H](CC(C)C)C(=O)O[C@H](C)C(=O)N(C)[C@@H](CC(C)C)C(=O)O[C@H](Cc2ccc(Cn3ccc(-c4cnccn4)n3)cc2)C(=O)N(C)[C@@H](CC(C)C)C(=O)O[C@H](C)C(=O)N1C. The molecule has 0 radical (unpaired) electrons. The molecule has 1 saturated heterocycles. The van der Waals surface area contributed by atoms with Gasteiger partial charge in [-0.25, -0.2) is 19.2 Å². The summed E-state index contributed by atoms with van der Waals surface area (Å²) in [5.74, 6) is -7.67. The van der Waals surface area contributed by atoms with Crippen molar-refractivity contribution in [3.05, 3.63) is 132 Å². The zero-order valence-electron chi connectivity index (χ0n) is 55.2. The number of hydrogen-bond donors (Lipinski definition) is 0. The van der Waals surface area contributed by atoms with Crippen LogP contribution in [0.15, 0.2) is 110 Å². The van der Waals surface area contributed by atoms with Crippen molar-refractivity contribution >= 4 is 47.5 Å². The molecule has 6 aromatic rings. The lowest BCUT2D eigenvalue weighted by molar-refractivity contribution is -0.176. The maximum absolute atomic E-state index is 15.2. The smallest absolute Gasteiger partial charge is 0.329 e. The molecule has 4 amide bonds. The van der Waals surface area contributed by atoms with E-state index in [2.05, 4.69) is 30.1 Å². The van der Waals surface area contributed by atoms with Gasteiger partial charge in [0, 0.05) is 78.2 Å². The van der Waals surface area contributed by atoms with Crippen LogP contribution in [0.1, 0.15) is 117 Å². The van der Waals surface area contributed by atoms with Gasteiger partial charge in [0.15, 0.2) is 24.4 Å². The Kier molecular flexibility index (Phi) is 24.6. The fraction of sp³-hybridized carbons (Fsp3) is 0.500. The van der Waals surface area contributed by atoms with Crippen LogP contribution in [0.25, 0.3) is 22.8 Å². The Balaban J connectivity index is 1.22. The Morgan fingerprint density at radius 1 is 0.380 bits per heavy atom. The molecule has 0 N–H and O–H groups in total. The van der Waals surface area contributed by atoms with Crippen molar-refractivity contribution < 1.29 is 57.3 Å². The highest BCUT2D eigenvalue weighted by Crippen LogP contribution is 2.26. The molecule has 0 saturated carbocycles. The number of carbonyl (C=O) groups is 8. The number of cyclic esters (lactones) is 4. The van der Waals surface area contributed by atoms with Crippen LogP contribution in [0, 0.1) is 23.7 Å². The normalized spacial score (nSPS) is 21.7. The molecule has 24 nitrogen and oxygen atoms in total. The maximum atomic E-state index is 15.2. The molecule has 8 atom stereocenters. The van der Waals surface area contributed by atoms with E-state index in [1.807, 2.05) is 104 Å². The second-order valence-electron chi connectivity index (χ2n) is 25.4. The highest BCUT2D eigenvalue weighted by molar-refractivity contribution is 5.94. The van der Waals surface area contributed by atoms with Crippen molar-refractivity contribution in [1.82, 2.24) is 59.1 Å². The number of benzene rings is 2. The van der Waals surface area contributed by atoms with E-state index in [4.69, 9.17) is 18.9 Å². The largest absolute Gasteiger partial charge is 0.451 e. The molecule has 0 unspecified atom stereocenters. The first-order valence-electron chi connectivity index (χ1n) is 31.3. The number of nitrogens with zero attached hydrogens (tertiary/aromatic N) is 12. The molecule has 0 aliphatic carbocycles. The predicted octanol–water partition coefficient (Wildman–Crippen LogP) is 7.07. The van der Waals surface area contributed by atoms with Gasteiger partial charge in [-0.2, -0.15) is 10.2 Å². The first-order valence-corrected chi connectivity index (χ1v) is 31.3. The molecule has 7 rings (SSSR count). The minimum Gasteiger partial charge on any atom is -0.451 e. The number of rotatable bonds is 18. The monoisotopic (exact) mass is 1260 g/mol. The van der Waals surface area contributed by atoms with Gasteiger partial charge < -0.3 is 38.5 Å². The van der Waals surface area contributed by atoms with Crippen LogP contribution >= 0.6 is 0 Å². The first kappa shape index (κ1) is 70.2. The third-order valence-corrected chi connectivity index (χ3v) is 16.0. The summed E-state index contributed by atoms with van der Waals surface area (Å²) in [6.45, 7) is 18.3. The highest BCUT2D eigenvalue weighted by Gasteiger charge is 2.43. The second kappa shape index (κ2) is 32.2. The van der Waals surface area contributed by atoms with Crippen molar-refractivity contribution in [3.63, 3.8) is 0 Å². The zero-order chi connectivity index (χ0) is 67.1. The third-order valence-electron chi connectivity index (χ3n) is 16.0. The maximum Gasteiger partial charge on any atom is 0.329 e. The molecule has 2 aromatic carbocycles. The van der Waals surface area contributed by atoms with Crippen molar-refractivity contribution in [2.45, 2.75) is 169 Å². The van der Waals surface area contributed by atoms with Gasteiger partial charge >= 0.3 is 23.9 Å². The van der Waals surface area contributed by atoms with Crippen LogP contribution < -0.4 is 0 Å². The molecule has 4 aromatic heterocycles. The summed E-state index contributed by atoms with van der Waals surface area (Å²) in [5, 5.41) is 9.29. The number of amides is 4. The lowest BCUT2D eigenvalue weighted by Crippen LogP contribution is -2.55. The molecular formula is C68H88N12O12. The molecule has 5 heterocycles. The highest BCUT2D eigenvalue weighted by atomic mass is 16.6. The zero-order valence-corrected chi connectivity index (χ0v) is 55.2. The Bertz CT molecular complexity index is 3220. The van der Waals surface area contributed by atoms with Crippen molar-refractivity contribution in [3.8, 4) is 22.8 Å². The van der Waals surface area contributed by atoms with E-state index >= 15 is 9.59 Å². The predicted molar refractivity (Wildman–Crippen MR) is 340 cm³/mol. The van der Waals surface area contributed by atoms with Crippen LogP contribution in [0.5, 0.6) is 0 Å². The van der Waals surface area contributed by atoms with Gasteiger partial charge in [0.05, 0.1) is 25.5 Å². The average molecular weight is 1270 g/mol. The fourth-order valence-electron chi connectivity index (χ4n) is 10.9. The van der Waals surface area contributed by atoms with Gasteiger partial charge in [-0.1, -0.05) is 104 Å². The number of carbonyl (C=O) groups excluding carboxylic acids is 8. The summed E-state index contributed by atoms with van der Waals surface area (Å²) in [6, 6.07) is 13.0. The Hall–Kier alpha value is -9.22. The van der Waals surface area contributed by atoms with Crippen molar-refractivity contribution in [1.29, 1.82) is 0 Å². The van der Waals surface area contributed by atoms with E-state index in [1.54, 1.807) is 70.8 Å². The van der Waals surface area contributed by atoms with Gasteiger partial charge in [0.1, 0.15) is 46.9 Å². The molecule has 1 aliphatic rings. The quantitative estimate of drug-likeness (QED) is 0.0614. The molecular weight excluding hydrogens is 1180 g/mol.